The molecule has 1 N–H and O–H groups in total. The van der Waals surface area contributed by atoms with Crippen molar-refractivity contribution in [3.8, 4) is 23.1 Å². The number of likely N-dealkylation sites (N-methyl/N-ethyl adjacent to an activating group) is 1. The van der Waals surface area contributed by atoms with Gasteiger partial charge in [-0.15, -0.1) is 0 Å². The molecular weight excluding hydrogens is 1220 g/mol. The molecule has 0 radical (unpaired) electrons. The number of anilines is 1. The number of ether oxygens (including phenoxy) is 1. The van der Waals surface area contributed by atoms with E-state index in [0.717, 1.165) is 33.2 Å². The minimum Gasteiger partial charge on any atom is -0.0622 e. The van der Waals surface area contributed by atoms with Crippen LogP contribution in [-0.2, 0) is 39.6 Å². The molecule has 0 saturated carbocycles. The maximum Gasteiger partial charge on any atom is -0.0134 e. The maximum atomic E-state index is 13.3. The Labute approximate surface area is 510 Å². The molecule has 0 spiro atoms. The summed E-state index contributed by atoms with van der Waals surface area (Å²) in [6, 6.07) is 73.2. The number of hydrogen-bond donors (Lipinski definition) is 1. The number of hydrogen-bond acceptors (Lipinski definition) is 8. The van der Waals surface area contributed by atoms with E-state index in [-0.39, 0.29) is 21.8 Å². The van der Waals surface area contributed by atoms with Gasteiger partial charge in [-0.3, -0.25) is 19.1 Å². The van der Waals surface area contributed by atoms with Crippen LogP contribution in [-0.4, -0.2) is 70.1 Å². The molecule has 7 aromatic carbocycles. The molecule has 12 nitrogen and oxygen atoms in total. The minimum atomic E-state index is -0.841. The molecule has 84 heavy (non-hydrogen) atoms. The van der Waals surface area contributed by atoms with E-state index in [1.807, 2.05) is 45.3 Å². The number of aryl methyl sites for hydroxylation is 3. The Hall–Kier alpha value is -7.89. The molecular formula is C67H63Cl2N9O3P2Pd. The second-order valence-electron chi connectivity index (χ2n) is 20.0. The summed E-state index contributed by atoms with van der Waals surface area (Å²) in [6.45, 7) is 8.80. The van der Waals surface area contributed by atoms with Crippen molar-refractivity contribution in [2.24, 2.45) is 14.1 Å². The van der Waals surface area contributed by atoms with E-state index >= 15 is 0 Å². The SMILES string of the molecule is Cc1nn(C)c2c(-c3cc(C#Cc4ccc5c(cnn5C)c4)nc(NC(=O)C(C)N(C)C(=O)OC(C)(C)C)c3)ncnc12.[Cl][Pd][Cl].c1ccc(P(c2ccccc2)c2ccccc2)cc1.c1ccc(P(c2ccccc2)c2ccccc2)cc1. The number of rotatable bonds is 10. The molecule has 2 amide bonds. The molecule has 0 bridgehead atoms. The van der Waals surface area contributed by atoms with Crippen LogP contribution in [0.25, 0.3) is 33.2 Å². The summed E-state index contributed by atoms with van der Waals surface area (Å²) in [5.74, 6) is 6.11. The van der Waals surface area contributed by atoms with Crippen LogP contribution in [0.1, 0.15) is 44.6 Å². The predicted molar refractivity (Wildman–Crippen MR) is 345 cm³/mol. The standard InChI is InChI=1S/C31H33N9O3.2C18H15P.2ClH.Pd/c1-18-26-28(40(8)37-18)27(33-17-32-26)21-14-23(11-9-20-10-12-24-22(13-20)16-34-39(24)7)35-25(15-21)36-29(41)19(2)38(6)30(42)43-31(3,4)5;2*1-4-10-16(11-5-1)19(17-12-6-2-7-13-17)18-14-8-3-9-15-18;;;/h10,12-17,19H,1-8H3,(H,35,36,41);2*1-15H;2*1H;/q;;;;;+2/p-2. The van der Waals surface area contributed by atoms with Crippen molar-refractivity contribution in [3.63, 3.8) is 0 Å². The first-order valence-corrected chi connectivity index (χ1v) is 33.4. The molecule has 0 aliphatic heterocycles. The van der Waals surface area contributed by atoms with Crippen LogP contribution in [0.5, 0.6) is 0 Å². The number of fused-ring (bicyclic) bond motifs is 2. The normalized spacial score (nSPS) is 11.2. The third-order valence-corrected chi connectivity index (χ3v) is 17.8. The number of carbonyl (C=O) groups is 2. The van der Waals surface area contributed by atoms with Gasteiger partial charge in [0, 0.05) is 37.7 Å². The fraction of sp³-hybridized carbons (Fsp3) is 0.149. The van der Waals surface area contributed by atoms with Crippen LogP contribution in [0.3, 0.4) is 0 Å². The van der Waals surface area contributed by atoms with Gasteiger partial charge in [0.15, 0.2) is 0 Å². The summed E-state index contributed by atoms with van der Waals surface area (Å²) in [5, 5.41) is 21.0. The van der Waals surface area contributed by atoms with Crippen LogP contribution >= 0.6 is 34.9 Å². The number of pyridine rings is 1. The summed E-state index contributed by atoms with van der Waals surface area (Å²) < 4.78 is 8.95. The number of amides is 2. The van der Waals surface area contributed by atoms with Gasteiger partial charge in [-0.1, -0.05) is 188 Å². The molecule has 1 unspecified atom stereocenters. The van der Waals surface area contributed by atoms with Gasteiger partial charge in [0.25, 0.3) is 0 Å². The number of carbonyl (C=O) groups excluding carboxylic acids is 2. The quantitative estimate of drug-likeness (QED) is 0.0813. The zero-order valence-electron chi connectivity index (χ0n) is 47.7. The molecule has 0 saturated heterocycles. The van der Waals surface area contributed by atoms with E-state index in [0.29, 0.717) is 17.0 Å². The Morgan fingerprint density at radius 2 is 1.10 bits per heavy atom. The fourth-order valence-corrected chi connectivity index (χ4v) is 13.5. The van der Waals surface area contributed by atoms with E-state index < -0.39 is 39.5 Å². The maximum absolute atomic E-state index is 13.3. The topological polar surface area (TPSA) is 133 Å². The summed E-state index contributed by atoms with van der Waals surface area (Å²) in [6.07, 6.45) is 2.67. The monoisotopic (exact) mass is 1280 g/mol. The Bertz CT molecular complexity index is 3680. The number of nitrogens with zero attached hydrogens (tertiary/aromatic N) is 8. The number of benzene rings is 7. The second kappa shape index (κ2) is 30.1. The number of halogens is 2. The van der Waals surface area contributed by atoms with E-state index in [1.54, 1.807) is 49.3 Å². The van der Waals surface area contributed by atoms with Crippen molar-refractivity contribution < 1.29 is 30.3 Å². The van der Waals surface area contributed by atoms with Gasteiger partial charge in [0.2, 0.25) is 5.91 Å². The van der Waals surface area contributed by atoms with Crippen LogP contribution in [0.4, 0.5) is 10.6 Å². The first kappa shape index (κ1) is 62.2. The van der Waals surface area contributed by atoms with Crippen molar-refractivity contribution >= 4 is 106 Å². The molecule has 0 aliphatic carbocycles. The van der Waals surface area contributed by atoms with Gasteiger partial charge in [-0.25, -0.2) is 19.7 Å². The molecule has 11 rings (SSSR count). The number of nitrogens with one attached hydrogen (secondary N) is 1. The van der Waals surface area contributed by atoms with Gasteiger partial charge < -0.3 is 10.1 Å². The third-order valence-electron chi connectivity index (χ3n) is 12.9. The Morgan fingerprint density at radius 1 is 0.643 bits per heavy atom. The van der Waals surface area contributed by atoms with Crippen LogP contribution in [0.15, 0.2) is 225 Å². The predicted octanol–water partition coefficient (Wildman–Crippen LogP) is 12.5. The van der Waals surface area contributed by atoms with Gasteiger partial charge in [-0.05, 0) is 119 Å². The van der Waals surface area contributed by atoms with Crippen molar-refractivity contribution in [1.29, 1.82) is 0 Å². The van der Waals surface area contributed by atoms with Gasteiger partial charge in [0.05, 0.1) is 23.1 Å². The third kappa shape index (κ3) is 16.7. The fourth-order valence-electron chi connectivity index (χ4n) is 8.91. The average molecular weight is 1280 g/mol. The van der Waals surface area contributed by atoms with Crippen molar-refractivity contribution in [2.45, 2.75) is 46.3 Å². The summed E-state index contributed by atoms with van der Waals surface area (Å²) in [7, 11) is 14.0. The molecule has 0 aliphatic rings. The Morgan fingerprint density at radius 3 is 1.54 bits per heavy atom. The number of aromatic nitrogens is 7. The van der Waals surface area contributed by atoms with Gasteiger partial charge >= 0.3 is 41.1 Å². The largest absolute Gasteiger partial charge is 0.0622 e. The molecule has 4 aromatic heterocycles. The second-order valence-corrected chi connectivity index (χ2v) is 26.8. The minimum absolute atomic E-state index is 0.106. The zero-order valence-corrected chi connectivity index (χ0v) is 52.6. The van der Waals surface area contributed by atoms with Crippen LogP contribution < -0.4 is 37.1 Å². The molecule has 1 atom stereocenters. The molecule has 4 heterocycles. The van der Waals surface area contributed by atoms with Crippen molar-refractivity contribution in [3.05, 3.63) is 242 Å². The van der Waals surface area contributed by atoms with E-state index in [4.69, 9.17) is 23.8 Å². The van der Waals surface area contributed by atoms with Crippen LogP contribution in [0, 0.1) is 18.8 Å². The smallest absolute Gasteiger partial charge is 0.0134 e. The zero-order chi connectivity index (χ0) is 59.6. The van der Waals surface area contributed by atoms with Gasteiger partial charge in [-0.2, -0.15) is 10.2 Å². The van der Waals surface area contributed by atoms with E-state index in [9.17, 15) is 9.59 Å². The van der Waals surface area contributed by atoms with E-state index in [2.05, 4.69) is 224 Å². The molecule has 0 fully saturated rings. The molecule has 428 valence electrons. The van der Waals surface area contributed by atoms with Crippen molar-refractivity contribution in [1.82, 2.24) is 39.4 Å². The summed E-state index contributed by atoms with van der Waals surface area (Å²) >= 11 is -0.106. The Balaban J connectivity index is 0.000000184. The first-order valence-electron chi connectivity index (χ1n) is 26.7. The Kier molecular flexibility index (Phi) is 22.3. The van der Waals surface area contributed by atoms with Gasteiger partial charge in [0.1, 0.15) is 40.5 Å². The first-order chi connectivity index (χ1) is 40.6. The molecule has 17 heteroatoms. The van der Waals surface area contributed by atoms with E-state index in [1.165, 1.54) is 50.1 Å². The van der Waals surface area contributed by atoms with Crippen molar-refractivity contribution in [2.75, 3.05) is 12.4 Å². The molecule has 11 aromatic rings. The summed E-state index contributed by atoms with van der Waals surface area (Å²) in [5.41, 5.74) is 5.02. The average Bonchev–Trinajstić information content (AvgIpc) is 2.50. The summed E-state index contributed by atoms with van der Waals surface area (Å²) in [4.78, 5) is 40.7. The van der Waals surface area contributed by atoms with Crippen LogP contribution in [0.2, 0.25) is 0 Å².